The van der Waals surface area contributed by atoms with Gasteiger partial charge in [-0.2, -0.15) is 0 Å². The smallest absolute Gasteiger partial charge is 0.478 e. The Balaban J connectivity index is 1.92. The Morgan fingerprint density at radius 3 is 2.77 bits per heavy atom. The maximum atomic E-state index is 12.3. The monoisotopic (exact) mass is 329 g/mol. The number of amides is 1. The van der Waals surface area contributed by atoms with Crippen molar-refractivity contribution in [2.24, 2.45) is 11.8 Å². The maximum absolute atomic E-state index is 12.3. The molecule has 7 nitrogen and oxygen atoms in total. The molecule has 0 aliphatic carbocycles. The van der Waals surface area contributed by atoms with Crippen LogP contribution in [0.4, 0.5) is 0 Å². The summed E-state index contributed by atoms with van der Waals surface area (Å²) in [6, 6.07) is 0. The highest BCUT2D eigenvalue weighted by atomic mass is 32.2. The minimum Gasteiger partial charge on any atom is -0.481 e. The van der Waals surface area contributed by atoms with Crippen molar-refractivity contribution in [3.8, 4) is 0 Å². The summed E-state index contributed by atoms with van der Waals surface area (Å²) in [4.78, 5) is 23.6. The lowest BCUT2D eigenvalue weighted by Crippen LogP contribution is -2.55. The second-order valence-corrected chi connectivity index (χ2v) is 6.43. The van der Waals surface area contributed by atoms with Gasteiger partial charge in [-0.15, -0.1) is 11.8 Å². The van der Waals surface area contributed by atoms with Crippen LogP contribution in [0.3, 0.4) is 0 Å². The van der Waals surface area contributed by atoms with Crippen molar-refractivity contribution in [3.63, 3.8) is 0 Å². The Bertz CT molecular complexity index is 448. The summed E-state index contributed by atoms with van der Waals surface area (Å²) in [6.45, 7) is -0.0266. The predicted octanol–water partition coefficient (Wildman–Crippen LogP) is -0.370. The molecule has 122 valence electrons. The molecule has 0 spiro atoms. The van der Waals surface area contributed by atoms with Gasteiger partial charge in [-0.25, -0.2) is 0 Å². The molecule has 0 aromatic carbocycles. The molecule has 3 unspecified atom stereocenters. The van der Waals surface area contributed by atoms with Crippen LogP contribution in [0.1, 0.15) is 19.3 Å². The van der Waals surface area contributed by atoms with Crippen molar-refractivity contribution < 1.29 is 29.5 Å². The van der Waals surface area contributed by atoms with Crippen LogP contribution in [0.2, 0.25) is 0 Å². The molecule has 2 aliphatic heterocycles. The molecule has 2 heterocycles. The van der Waals surface area contributed by atoms with Crippen molar-refractivity contribution >= 4 is 30.8 Å². The van der Waals surface area contributed by atoms with Crippen molar-refractivity contribution in [1.82, 2.24) is 5.32 Å². The summed E-state index contributed by atoms with van der Waals surface area (Å²) in [6.07, 6.45) is 3.00. The van der Waals surface area contributed by atoms with Gasteiger partial charge in [0, 0.05) is 24.4 Å². The summed E-state index contributed by atoms with van der Waals surface area (Å²) in [5, 5.41) is 32.5. The van der Waals surface area contributed by atoms with E-state index >= 15 is 0 Å². The van der Waals surface area contributed by atoms with Crippen molar-refractivity contribution in [2.75, 3.05) is 12.4 Å². The van der Waals surface area contributed by atoms with E-state index in [2.05, 4.69) is 5.32 Å². The first-order chi connectivity index (χ1) is 10.5. The molecule has 0 saturated carbocycles. The third-order valence-electron chi connectivity index (χ3n) is 3.94. The number of hydrogen-bond donors (Lipinski definition) is 4. The number of hydrogen-bond acceptors (Lipinski definition) is 6. The Kier molecular flexibility index (Phi) is 6.31. The molecular formula is C13H20BNO6S. The molecular weight excluding hydrogens is 309 g/mol. The highest BCUT2D eigenvalue weighted by molar-refractivity contribution is 8.02. The van der Waals surface area contributed by atoms with Crippen molar-refractivity contribution in [2.45, 2.75) is 31.3 Å². The fourth-order valence-corrected chi connectivity index (χ4v) is 3.67. The molecule has 4 atom stereocenters. The van der Waals surface area contributed by atoms with E-state index in [1.165, 1.54) is 11.8 Å². The first-order valence-electron chi connectivity index (χ1n) is 7.28. The quantitative estimate of drug-likeness (QED) is 0.388. The third-order valence-corrected chi connectivity index (χ3v) is 4.87. The van der Waals surface area contributed by atoms with Crippen LogP contribution >= 0.6 is 11.8 Å². The van der Waals surface area contributed by atoms with Gasteiger partial charge >= 0.3 is 13.1 Å². The lowest BCUT2D eigenvalue weighted by Gasteiger charge is -2.32. The van der Waals surface area contributed by atoms with E-state index in [1.54, 1.807) is 11.5 Å². The SMILES string of the molecule is O=C(O)C(C(=O)N[C@H]1CCC(CCO)OB1O)C1C=CSC1. The minimum absolute atomic E-state index is 0.0266. The van der Waals surface area contributed by atoms with E-state index < -0.39 is 30.9 Å². The summed E-state index contributed by atoms with van der Waals surface area (Å²) in [5.74, 6) is -3.33. The molecule has 0 aromatic rings. The van der Waals surface area contributed by atoms with Gasteiger partial charge in [0.25, 0.3) is 0 Å². The molecule has 2 rings (SSSR count). The van der Waals surface area contributed by atoms with Crippen LogP contribution in [-0.4, -0.2) is 58.6 Å². The van der Waals surface area contributed by atoms with Crippen LogP contribution < -0.4 is 5.32 Å². The van der Waals surface area contributed by atoms with Crippen LogP contribution in [0.25, 0.3) is 0 Å². The van der Waals surface area contributed by atoms with Gasteiger partial charge in [0.2, 0.25) is 5.91 Å². The number of aliphatic hydroxyl groups excluding tert-OH is 1. The van der Waals surface area contributed by atoms with Gasteiger partial charge in [-0.05, 0) is 24.7 Å². The third kappa shape index (κ3) is 4.25. The van der Waals surface area contributed by atoms with Gasteiger partial charge in [0.15, 0.2) is 0 Å². The van der Waals surface area contributed by atoms with Gasteiger partial charge in [-0.1, -0.05) is 6.08 Å². The first kappa shape index (κ1) is 17.3. The van der Waals surface area contributed by atoms with Gasteiger partial charge in [0.1, 0.15) is 5.92 Å². The van der Waals surface area contributed by atoms with E-state index in [0.717, 1.165) is 0 Å². The van der Waals surface area contributed by atoms with Crippen molar-refractivity contribution in [1.29, 1.82) is 0 Å². The Morgan fingerprint density at radius 2 is 2.23 bits per heavy atom. The number of rotatable bonds is 6. The van der Waals surface area contributed by atoms with Crippen molar-refractivity contribution in [3.05, 3.63) is 11.5 Å². The molecule has 0 aromatic heterocycles. The largest absolute Gasteiger partial charge is 0.481 e. The van der Waals surface area contributed by atoms with Crippen LogP contribution in [0.15, 0.2) is 11.5 Å². The zero-order valence-electron chi connectivity index (χ0n) is 12.1. The molecule has 0 radical (unpaired) electrons. The van der Waals surface area contributed by atoms with Crippen LogP contribution in [0, 0.1) is 11.8 Å². The average Bonchev–Trinajstić information content (AvgIpc) is 2.95. The topological polar surface area (TPSA) is 116 Å². The second kappa shape index (κ2) is 8.00. The Hall–Kier alpha value is -1.03. The first-order valence-corrected chi connectivity index (χ1v) is 8.33. The zero-order chi connectivity index (χ0) is 16.1. The van der Waals surface area contributed by atoms with Crippen LogP contribution in [0.5, 0.6) is 0 Å². The number of carboxylic acids is 1. The molecule has 1 amide bonds. The number of aliphatic hydroxyl groups is 1. The molecule has 1 fully saturated rings. The molecule has 2 aliphatic rings. The van der Waals surface area contributed by atoms with E-state index in [0.29, 0.717) is 25.0 Å². The summed E-state index contributed by atoms with van der Waals surface area (Å²) in [7, 11) is -1.18. The Morgan fingerprint density at radius 1 is 1.45 bits per heavy atom. The van der Waals surface area contributed by atoms with E-state index in [9.17, 15) is 19.7 Å². The molecule has 9 heteroatoms. The van der Waals surface area contributed by atoms with Crippen LogP contribution in [-0.2, 0) is 14.2 Å². The zero-order valence-corrected chi connectivity index (χ0v) is 12.9. The van der Waals surface area contributed by atoms with Gasteiger partial charge < -0.3 is 25.2 Å². The highest BCUT2D eigenvalue weighted by Gasteiger charge is 2.40. The number of carboxylic acid groups (broad SMARTS) is 1. The molecule has 4 N–H and O–H groups in total. The fourth-order valence-electron chi connectivity index (χ4n) is 2.72. The lowest BCUT2D eigenvalue weighted by molar-refractivity contribution is -0.148. The summed E-state index contributed by atoms with van der Waals surface area (Å²) < 4.78 is 5.32. The molecule has 0 bridgehead atoms. The average molecular weight is 329 g/mol. The van der Waals surface area contributed by atoms with Gasteiger partial charge in [0.05, 0.1) is 5.94 Å². The number of allylic oxidation sites excluding steroid dienone is 1. The number of carbonyl (C=O) groups excluding carboxylic acids is 1. The normalized spacial score (nSPS) is 29.4. The number of aliphatic carboxylic acids is 1. The maximum Gasteiger partial charge on any atom is 0.478 e. The molecule has 22 heavy (non-hydrogen) atoms. The van der Waals surface area contributed by atoms with E-state index in [-0.39, 0.29) is 18.6 Å². The Labute approximate surface area is 133 Å². The fraction of sp³-hybridized carbons (Fsp3) is 0.692. The number of nitrogens with one attached hydrogen (secondary N) is 1. The number of thioether (sulfide) groups is 1. The minimum atomic E-state index is -1.18. The van der Waals surface area contributed by atoms with E-state index in [1.807, 2.05) is 0 Å². The second-order valence-electron chi connectivity index (χ2n) is 5.49. The molecule has 1 saturated heterocycles. The predicted molar refractivity (Wildman–Crippen MR) is 81.9 cm³/mol. The van der Waals surface area contributed by atoms with Gasteiger partial charge in [-0.3, -0.25) is 9.59 Å². The number of carbonyl (C=O) groups is 2. The standard InChI is InChI=1S/C13H20BNO6S/c16-5-3-9-1-2-10(14(20)21-9)15-12(17)11(13(18)19)8-4-6-22-7-8/h4,6,8-11,16,20H,1-3,5,7H2,(H,15,17)(H,18,19)/t8?,9?,10-,11?/m0/s1. The highest BCUT2D eigenvalue weighted by Crippen LogP contribution is 2.28. The summed E-state index contributed by atoms with van der Waals surface area (Å²) >= 11 is 1.48. The van der Waals surface area contributed by atoms with E-state index in [4.69, 9.17) is 9.76 Å². The lowest BCUT2D eigenvalue weighted by atomic mass is 9.72. The summed E-state index contributed by atoms with van der Waals surface area (Å²) in [5.41, 5.74) is 0.